The van der Waals surface area contributed by atoms with Crippen LogP contribution < -0.4 is 4.90 Å². The van der Waals surface area contributed by atoms with E-state index in [-0.39, 0.29) is 18.4 Å². The second-order valence-corrected chi connectivity index (χ2v) is 9.88. The molecule has 30 heavy (non-hydrogen) atoms. The van der Waals surface area contributed by atoms with E-state index in [9.17, 15) is 14.7 Å². The topological polar surface area (TPSA) is 70.5 Å². The maximum atomic E-state index is 13.5. The SMILES string of the molecule is O=C(O)C[C@@H](CC1CCCC1)C(=O)N(c1nc(-c2c(Cl)cccc2Cl)cs1)C1CC1. The van der Waals surface area contributed by atoms with Crippen LogP contribution in [0.1, 0.15) is 51.4 Å². The van der Waals surface area contributed by atoms with Crippen LogP contribution in [0.15, 0.2) is 23.6 Å². The van der Waals surface area contributed by atoms with Gasteiger partial charge in [0.1, 0.15) is 0 Å². The molecule has 1 N–H and O–H groups in total. The van der Waals surface area contributed by atoms with Crippen LogP contribution in [0.4, 0.5) is 5.13 Å². The number of hydrogen-bond donors (Lipinski definition) is 1. The standard InChI is InChI=1S/C22H24Cl2N2O3S/c23-16-6-3-7-17(24)20(16)18-12-30-22(25-18)26(15-8-9-15)21(29)14(11-19(27)28)10-13-4-1-2-5-13/h3,6-7,12-15H,1-2,4-5,8-11H2,(H,27,28)/t14-/m1/s1. The van der Waals surface area contributed by atoms with Crippen molar-refractivity contribution >= 4 is 51.5 Å². The van der Waals surface area contributed by atoms with Crippen LogP contribution in [-0.4, -0.2) is 28.0 Å². The number of rotatable bonds is 8. The fourth-order valence-electron chi connectivity index (χ4n) is 4.32. The Morgan fingerprint density at radius 2 is 1.83 bits per heavy atom. The number of halogens is 2. The third kappa shape index (κ3) is 4.82. The summed E-state index contributed by atoms with van der Waals surface area (Å²) in [6.45, 7) is 0. The summed E-state index contributed by atoms with van der Waals surface area (Å²) in [6, 6.07) is 5.39. The molecule has 0 radical (unpaired) electrons. The van der Waals surface area contributed by atoms with Crippen molar-refractivity contribution in [3.8, 4) is 11.3 Å². The molecule has 0 bridgehead atoms. The van der Waals surface area contributed by atoms with Crippen LogP contribution in [0, 0.1) is 11.8 Å². The number of thiazole rings is 1. The minimum Gasteiger partial charge on any atom is -0.481 e. The van der Waals surface area contributed by atoms with E-state index in [0.717, 1.165) is 25.7 Å². The highest BCUT2D eigenvalue weighted by molar-refractivity contribution is 7.14. The molecule has 2 aliphatic carbocycles. The summed E-state index contributed by atoms with van der Waals surface area (Å²) in [4.78, 5) is 31.4. The number of carboxylic acid groups (broad SMARTS) is 1. The lowest BCUT2D eigenvalue weighted by molar-refractivity contribution is -0.141. The lowest BCUT2D eigenvalue weighted by atomic mass is 9.90. The fraction of sp³-hybridized carbons (Fsp3) is 0.500. The fourth-order valence-corrected chi connectivity index (χ4v) is 5.81. The van der Waals surface area contributed by atoms with Crippen molar-refractivity contribution in [3.63, 3.8) is 0 Å². The normalized spacial score (nSPS) is 17.8. The highest BCUT2D eigenvalue weighted by Crippen LogP contribution is 2.41. The first-order chi connectivity index (χ1) is 14.4. The highest BCUT2D eigenvalue weighted by Gasteiger charge is 2.40. The van der Waals surface area contributed by atoms with E-state index in [1.165, 1.54) is 24.2 Å². The Morgan fingerprint density at radius 3 is 2.43 bits per heavy atom. The van der Waals surface area contributed by atoms with Crippen LogP contribution in [0.3, 0.4) is 0 Å². The zero-order chi connectivity index (χ0) is 21.3. The molecular formula is C22H24Cl2N2O3S. The van der Waals surface area contributed by atoms with Gasteiger partial charge in [-0.05, 0) is 37.3 Å². The molecule has 0 spiro atoms. The molecule has 160 valence electrons. The van der Waals surface area contributed by atoms with Crippen molar-refractivity contribution < 1.29 is 14.7 Å². The average Bonchev–Trinajstić information content (AvgIpc) is 3.18. The smallest absolute Gasteiger partial charge is 0.304 e. The first-order valence-electron chi connectivity index (χ1n) is 10.4. The van der Waals surface area contributed by atoms with Gasteiger partial charge in [0.05, 0.1) is 22.2 Å². The third-order valence-electron chi connectivity index (χ3n) is 5.93. The lowest BCUT2D eigenvalue weighted by Gasteiger charge is -2.26. The largest absolute Gasteiger partial charge is 0.481 e. The molecule has 5 nitrogen and oxygen atoms in total. The van der Waals surface area contributed by atoms with Crippen LogP contribution in [0.5, 0.6) is 0 Å². The van der Waals surface area contributed by atoms with Crippen LogP contribution >= 0.6 is 34.5 Å². The monoisotopic (exact) mass is 466 g/mol. The van der Waals surface area contributed by atoms with Gasteiger partial charge in [-0.1, -0.05) is 55.0 Å². The first-order valence-corrected chi connectivity index (χ1v) is 12.0. The zero-order valence-electron chi connectivity index (χ0n) is 16.5. The Labute approximate surface area is 190 Å². The molecule has 4 rings (SSSR count). The van der Waals surface area contributed by atoms with Gasteiger partial charge in [0.15, 0.2) is 5.13 Å². The van der Waals surface area contributed by atoms with E-state index in [4.69, 9.17) is 23.2 Å². The molecule has 0 saturated heterocycles. The van der Waals surface area contributed by atoms with Gasteiger partial charge in [-0.25, -0.2) is 4.98 Å². The first kappa shape index (κ1) is 21.6. The van der Waals surface area contributed by atoms with Crippen molar-refractivity contribution in [2.75, 3.05) is 4.90 Å². The average molecular weight is 467 g/mol. The summed E-state index contributed by atoms with van der Waals surface area (Å²) in [5, 5.41) is 12.9. The Hall–Kier alpha value is -1.63. The lowest BCUT2D eigenvalue weighted by Crippen LogP contribution is -2.39. The molecule has 2 aliphatic rings. The van der Waals surface area contributed by atoms with E-state index >= 15 is 0 Å². The van der Waals surface area contributed by atoms with Crippen molar-refractivity contribution in [1.82, 2.24) is 4.98 Å². The zero-order valence-corrected chi connectivity index (χ0v) is 18.8. The summed E-state index contributed by atoms with van der Waals surface area (Å²) in [7, 11) is 0. The molecule has 8 heteroatoms. The summed E-state index contributed by atoms with van der Waals surface area (Å²) >= 11 is 14.0. The number of carboxylic acids is 1. The van der Waals surface area contributed by atoms with Crippen molar-refractivity contribution in [2.24, 2.45) is 11.8 Å². The maximum Gasteiger partial charge on any atom is 0.304 e. The van der Waals surface area contributed by atoms with Gasteiger partial charge in [-0.15, -0.1) is 11.3 Å². The number of benzene rings is 1. The number of aromatic nitrogens is 1. The predicted octanol–water partition coefficient (Wildman–Crippen LogP) is 6.28. The molecule has 0 unspecified atom stereocenters. The number of nitrogens with zero attached hydrogens (tertiary/aromatic N) is 2. The van der Waals surface area contributed by atoms with E-state index in [1.807, 2.05) is 5.38 Å². The third-order valence-corrected chi connectivity index (χ3v) is 7.40. The Balaban J connectivity index is 1.60. The van der Waals surface area contributed by atoms with Gasteiger partial charge in [-0.3, -0.25) is 14.5 Å². The number of anilines is 1. The van der Waals surface area contributed by atoms with Gasteiger partial charge in [0.25, 0.3) is 0 Å². The van der Waals surface area contributed by atoms with E-state index < -0.39 is 11.9 Å². The molecule has 0 aliphatic heterocycles. The molecule has 2 saturated carbocycles. The molecule has 1 heterocycles. The Morgan fingerprint density at radius 1 is 1.17 bits per heavy atom. The molecule has 1 atom stereocenters. The number of aliphatic carboxylic acids is 1. The molecule has 2 fully saturated rings. The molecule has 1 aromatic carbocycles. The van der Waals surface area contributed by atoms with E-state index in [0.29, 0.717) is 38.8 Å². The number of amides is 1. The summed E-state index contributed by atoms with van der Waals surface area (Å²) < 4.78 is 0. The maximum absolute atomic E-state index is 13.5. The van der Waals surface area contributed by atoms with Crippen molar-refractivity contribution in [2.45, 2.75) is 57.4 Å². The minimum absolute atomic E-state index is 0.0955. The Kier molecular flexibility index (Phi) is 6.66. The van der Waals surface area contributed by atoms with Gasteiger partial charge < -0.3 is 5.11 Å². The Bertz CT molecular complexity index is 918. The van der Waals surface area contributed by atoms with Gasteiger partial charge in [0, 0.05) is 22.9 Å². The van der Waals surface area contributed by atoms with E-state index in [1.54, 1.807) is 23.1 Å². The highest BCUT2D eigenvalue weighted by atomic mass is 35.5. The second kappa shape index (κ2) is 9.25. The number of carbonyl (C=O) groups excluding carboxylic acids is 1. The molecule has 1 amide bonds. The van der Waals surface area contributed by atoms with Gasteiger partial charge >= 0.3 is 5.97 Å². The summed E-state index contributed by atoms with van der Waals surface area (Å²) in [5.74, 6) is -1.11. The van der Waals surface area contributed by atoms with Gasteiger partial charge in [0.2, 0.25) is 5.91 Å². The predicted molar refractivity (Wildman–Crippen MR) is 120 cm³/mol. The minimum atomic E-state index is -0.926. The second-order valence-electron chi connectivity index (χ2n) is 8.23. The van der Waals surface area contributed by atoms with E-state index in [2.05, 4.69) is 4.98 Å². The molecular weight excluding hydrogens is 443 g/mol. The van der Waals surface area contributed by atoms with Crippen LogP contribution in [-0.2, 0) is 9.59 Å². The number of hydrogen-bond acceptors (Lipinski definition) is 4. The quantitative estimate of drug-likeness (QED) is 0.496. The summed E-state index contributed by atoms with van der Waals surface area (Å²) in [6.07, 6.45) is 6.83. The molecule has 1 aromatic heterocycles. The van der Waals surface area contributed by atoms with Gasteiger partial charge in [-0.2, -0.15) is 0 Å². The molecule has 2 aromatic rings. The van der Waals surface area contributed by atoms with Crippen LogP contribution in [0.2, 0.25) is 10.0 Å². The van der Waals surface area contributed by atoms with Crippen LogP contribution in [0.25, 0.3) is 11.3 Å². The van der Waals surface area contributed by atoms with Crippen molar-refractivity contribution in [3.05, 3.63) is 33.6 Å². The van der Waals surface area contributed by atoms with Crippen molar-refractivity contribution in [1.29, 1.82) is 0 Å². The summed E-state index contributed by atoms with van der Waals surface area (Å²) in [5.41, 5.74) is 1.29. The number of carbonyl (C=O) groups is 2.